The average molecular weight is 364 g/mol. The van der Waals surface area contributed by atoms with E-state index in [4.69, 9.17) is 18.9 Å². The van der Waals surface area contributed by atoms with Gasteiger partial charge in [-0.3, -0.25) is 9.59 Å². The van der Waals surface area contributed by atoms with E-state index < -0.39 is 11.9 Å². The predicted molar refractivity (Wildman–Crippen MR) is 88.9 cm³/mol. The molecule has 1 aromatic heterocycles. The smallest absolute Gasteiger partial charge is 0.325 e. The zero-order chi connectivity index (χ0) is 17.8. The van der Waals surface area contributed by atoms with Gasteiger partial charge in [0.2, 0.25) is 5.76 Å². The highest BCUT2D eigenvalue weighted by atomic mass is 32.1. The molecular weight excluding hydrogens is 348 g/mol. The number of hydrogen-bond donors (Lipinski definition) is 0. The molecule has 1 aliphatic heterocycles. The normalized spacial score (nSPS) is 14.5. The van der Waals surface area contributed by atoms with Gasteiger partial charge in [0.1, 0.15) is 31.8 Å². The number of rotatable bonds is 4. The first-order valence-corrected chi connectivity index (χ1v) is 8.22. The van der Waals surface area contributed by atoms with Crippen molar-refractivity contribution in [2.45, 2.75) is 6.54 Å². The molecule has 25 heavy (non-hydrogen) atoms. The van der Waals surface area contributed by atoms with Crippen LogP contribution < -0.4 is 9.54 Å². The second-order valence-electron chi connectivity index (χ2n) is 5.00. The maximum Gasteiger partial charge on any atom is 0.325 e. The van der Waals surface area contributed by atoms with Crippen LogP contribution >= 0.6 is 11.3 Å². The molecule has 0 bridgehead atoms. The Hall–Kier alpha value is -2.81. The molecule has 0 aliphatic carbocycles. The van der Waals surface area contributed by atoms with Crippen LogP contribution in [0.25, 0.3) is 10.2 Å². The van der Waals surface area contributed by atoms with Gasteiger partial charge in [0.25, 0.3) is 0 Å². The molecule has 0 spiro atoms. The van der Waals surface area contributed by atoms with Crippen molar-refractivity contribution >= 4 is 33.4 Å². The van der Waals surface area contributed by atoms with Crippen LogP contribution in [0, 0.1) is 0 Å². The number of hydrogen-bond acceptors (Lipinski definition) is 7. The van der Waals surface area contributed by atoms with Crippen LogP contribution in [-0.2, 0) is 30.3 Å². The lowest BCUT2D eigenvalue weighted by Crippen LogP contribution is -2.23. The second kappa shape index (κ2) is 7.39. The van der Waals surface area contributed by atoms with Gasteiger partial charge in [0.05, 0.1) is 24.4 Å². The third kappa shape index (κ3) is 3.66. The summed E-state index contributed by atoms with van der Waals surface area (Å²) < 4.78 is 22.7. The lowest BCUT2D eigenvalue weighted by Gasteiger charge is -2.12. The summed E-state index contributed by atoms with van der Waals surface area (Å²) in [6.45, 7) is 0.617. The number of amides is 1. The van der Waals surface area contributed by atoms with Crippen LogP contribution in [0.1, 0.15) is 0 Å². The number of methoxy groups -OCH3 is 2. The van der Waals surface area contributed by atoms with Crippen LogP contribution in [-0.4, -0.2) is 43.9 Å². The number of carbonyl (C=O) groups excluding carboxylic acids is 2. The summed E-state index contributed by atoms with van der Waals surface area (Å²) >= 11 is 1.26. The standard InChI is InChI=1S/C16H16N2O6S/c1-21-10-3-4-11-13(7-10)25-16(18(11)8-14(19)22-2)17-15(20)12-9-23-5-6-24-12/h3-4,7,9H,5-6,8H2,1-2H3. The number of esters is 1. The first kappa shape index (κ1) is 17.0. The van der Waals surface area contributed by atoms with Gasteiger partial charge in [0, 0.05) is 0 Å². The highest BCUT2D eigenvalue weighted by Crippen LogP contribution is 2.23. The van der Waals surface area contributed by atoms with Crippen molar-refractivity contribution in [1.82, 2.24) is 4.57 Å². The number of carbonyl (C=O) groups is 2. The van der Waals surface area contributed by atoms with Crippen molar-refractivity contribution in [3.8, 4) is 5.75 Å². The lowest BCUT2D eigenvalue weighted by atomic mass is 10.3. The highest BCUT2D eigenvalue weighted by Gasteiger charge is 2.17. The first-order valence-electron chi connectivity index (χ1n) is 7.40. The number of nitrogens with zero attached hydrogens (tertiary/aromatic N) is 2. The quantitative estimate of drug-likeness (QED) is 0.758. The predicted octanol–water partition coefficient (Wildman–Crippen LogP) is 1.20. The molecule has 1 amide bonds. The van der Waals surface area contributed by atoms with E-state index in [2.05, 4.69) is 4.99 Å². The summed E-state index contributed by atoms with van der Waals surface area (Å²) in [4.78, 5) is 28.5. The number of ether oxygens (including phenoxy) is 4. The zero-order valence-corrected chi connectivity index (χ0v) is 14.5. The summed E-state index contributed by atoms with van der Waals surface area (Å²) in [5.41, 5.74) is 0.748. The molecule has 0 N–H and O–H groups in total. The molecule has 8 nitrogen and oxygen atoms in total. The Balaban J connectivity index is 2.09. The minimum Gasteiger partial charge on any atom is -0.497 e. The third-order valence-electron chi connectivity index (χ3n) is 3.46. The van der Waals surface area contributed by atoms with E-state index in [1.54, 1.807) is 23.8 Å². The Bertz CT molecular complexity index is 911. The molecule has 0 fully saturated rings. The fourth-order valence-corrected chi connectivity index (χ4v) is 3.29. The van der Waals surface area contributed by atoms with Gasteiger partial charge in [-0.25, -0.2) is 0 Å². The van der Waals surface area contributed by atoms with Crippen LogP contribution in [0.2, 0.25) is 0 Å². The monoisotopic (exact) mass is 364 g/mol. The molecule has 0 saturated heterocycles. The van der Waals surface area contributed by atoms with Crippen molar-refractivity contribution < 1.29 is 28.5 Å². The van der Waals surface area contributed by atoms with E-state index >= 15 is 0 Å². The minimum atomic E-state index is -0.572. The van der Waals surface area contributed by atoms with Gasteiger partial charge in [-0.1, -0.05) is 11.3 Å². The third-order valence-corrected chi connectivity index (χ3v) is 4.50. The van der Waals surface area contributed by atoms with Gasteiger partial charge in [-0.2, -0.15) is 4.99 Å². The van der Waals surface area contributed by atoms with E-state index in [0.717, 1.165) is 10.2 Å². The topological polar surface area (TPSA) is 88.4 Å². The summed E-state index contributed by atoms with van der Waals surface area (Å²) in [7, 11) is 2.87. The molecule has 1 aromatic carbocycles. The molecule has 2 aromatic rings. The molecule has 0 atom stereocenters. The summed E-state index contributed by atoms with van der Waals surface area (Å²) in [6, 6.07) is 5.39. The molecule has 3 rings (SSSR count). The maximum absolute atomic E-state index is 12.3. The number of fused-ring (bicyclic) bond motifs is 1. The van der Waals surface area contributed by atoms with Gasteiger partial charge in [-0.15, -0.1) is 0 Å². The van der Waals surface area contributed by atoms with Gasteiger partial charge in [0.15, 0.2) is 4.80 Å². The van der Waals surface area contributed by atoms with E-state index in [9.17, 15) is 9.59 Å². The Labute approximate surface area is 146 Å². The Kier molecular flexibility index (Phi) is 5.03. The first-order chi connectivity index (χ1) is 12.1. The molecule has 0 radical (unpaired) electrons. The molecule has 2 heterocycles. The van der Waals surface area contributed by atoms with Crippen LogP contribution in [0.4, 0.5) is 0 Å². The zero-order valence-electron chi connectivity index (χ0n) is 13.7. The highest BCUT2D eigenvalue weighted by molar-refractivity contribution is 7.16. The minimum absolute atomic E-state index is 0.0332. The Morgan fingerprint density at radius 2 is 2.16 bits per heavy atom. The average Bonchev–Trinajstić information content (AvgIpc) is 2.98. The molecular formula is C16H16N2O6S. The Morgan fingerprint density at radius 1 is 1.32 bits per heavy atom. The van der Waals surface area contributed by atoms with Crippen LogP contribution in [0.15, 0.2) is 35.2 Å². The van der Waals surface area contributed by atoms with E-state index in [-0.39, 0.29) is 12.3 Å². The maximum atomic E-state index is 12.3. The van der Waals surface area contributed by atoms with Crippen molar-refractivity contribution in [2.75, 3.05) is 27.4 Å². The van der Waals surface area contributed by atoms with Crippen molar-refractivity contribution in [3.63, 3.8) is 0 Å². The summed E-state index contributed by atoms with van der Waals surface area (Å²) in [5.74, 6) is -0.313. The van der Waals surface area contributed by atoms with Gasteiger partial charge in [-0.05, 0) is 18.2 Å². The lowest BCUT2D eigenvalue weighted by molar-refractivity contribution is -0.141. The Morgan fingerprint density at radius 3 is 2.84 bits per heavy atom. The van der Waals surface area contributed by atoms with Gasteiger partial charge < -0.3 is 23.5 Å². The number of benzene rings is 1. The molecule has 1 aliphatic rings. The molecule has 9 heteroatoms. The summed E-state index contributed by atoms with van der Waals surface area (Å²) in [6.07, 6.45) is 1.25. The van der Waals surface area contributed by atoms with E-state index in [0.29, 0.717) is 23.8 Å². The van der Waals surface area contributed by atoms with Crippen molar-refractivity contribution in [3.05, 3.63) is 35.0 Å². The largest absolute Gasteiger partial charge is 0.497 e. The van der Waals surface area contributed by atoms with E-state index in [1.165, 1.54) is 24.7 Å². The number of aromatic nitrogens is 1. The fraction of sp³-hybridized carbons (Fsp3) is 0.312. The SMILES string of the molecule is COC(=O)Cn1c(=NC(=O)C2=COCCO2)sc2cc(OC)ccc21. The summed E-state index contributed by atoms with van der Waals surface area (Å²) in [5, 5.41) is 0. The fourth-order valence-electron chi connectivity index (χ4n) is 2.23. The number of thiazole rings is 1. The molecule has 132 valence electrons. The van der Waals surface area contributed by atoms with Crippen molar-refractivity contribution in [1.29, 1.82) is 0 Å². The second-order valence-corrected chi connectivity index (χ2v) is 6.01. The molecule has 0 unspecified atom stereocenters. The van der Waals surface area contributed by atoms with Crippen molar-refractivity contribution in [2.24, 2.45) is 4.99 Å². The molecule has 0 saturated carbocycles. The van der Waals surface area contributed by atoms with Gasteiger partial charge >= 0.3 is 11.9 Å². The van der Waals surface area contributed by atoms with E-state index in [1.807, 2.05) is 6.07 Å². The van der Waals surface area contributed by atoms with Crippen LogP contribution in [0.5, 0.6) is 5.75 Å². The van der Waals surface area contributed by atoms with Crippen LogP contribution in [0.3, 0.4) is 0 Å².